The van der Waals surface area contributed by atoms with Crippen LogP contribution in [-0.4, -0.2) is 20.6 Å². The minimum absolute atomic E-state index is 0.0599. The van der Waals surface area contributed by atoms with E-state index >= 15 is 0 Å². The van der Waals surface area contributed by atoms with Crippen LogP contribution in [0.5, 0.6) is 5.75 Å². The lowest BCUT2D eigenvalue weighted by Gasteiger charge is -2.37. The summed E-state index contributed by atoms with van der Waals surface area (Å²) >= 11 is 0. The molecule has 1 aliphatic heterocycles. The van der Waals surface area contributed by atoms with Gasteiger partial charge in [0.1, 0.15) is 11.4 Å². The summed E-state index contributed by atoms with van der Waals surface area (Å²) in [7, 11) is -3.50. The molecule has 0 amide bonds. The second-order valence-corrected chi connectivity index (χ2v) is 8.15. The fourth-order valence-electron chi connectivity index (χ4n) is 2.94. The van der Waals surface area contributed by atoms with Crippen LogP contribution in [0.4, 0.5) is 0 Å². The van der Waals surface area contributed by atoms with E-state index in [1.807, 2.05) is 32.0 Å². The number of para-hydroxylation sites is 1. The van der Waals surface area contributed by atoms with Gasteiger partial charge >= 0.3 is 0 Å². The van der Waals surface area contributed by atoms with Gasteiger partial charge < -0.3 is 4.74 Å². The first-order chi connectivity index (χ1) is 10.9. The van der Waals surface area contributed by atoms with Crippen molar-refractivity contribution in [1.82, 2.24) is 4.72 Å². The molecule has 0 fully saturated rings. The van der Waals surface area contributed by atoms with Gasteiger partial charge in [-0.25, -0.2) is 13.1 Å². The summed E-state index contributed by atoms with van der Waals surface area (Å²) in [4.78, 5) is 0.283. The van der Waals surface area contributed by atoms with Crippen molar-refractivity contribution in [1.29, 1.82) is 0 Å². The normalized spacial score (nSPS) is 19.7. The van der Waals surface area contributed by atoms with Crippen molar-refractivity contribution in [2.75, 3.05) is 6.54 Å². The molecular weight excluding hydrogens is 310 g/mol. The number of fused-ring (bicyclic) bond motifs is 1. The number of ether oxygens (including phenoxy) is 1. The van der Waals surface area contributed by atoms with Crippen LogP contribution < -0.4 is 9.46 Å². The lowest BCUT2D eigenvalue weighted by molar-refractivity contribution is 0.0722. The molecule has 1 unspecified atom stereocenters. The summed E-state index contributed by atoms with van der Waals surface area (Å²) in [5.74, 6) is 0.775. The first kappa shape index (κ1) is 16.0. The highest BCUT2D eigenvalue weighted by molar-refractivity contribution is 7.89. The maximum atomic E-state index is 12.4. The molecule has 121 valence electrons. The van der Waals surface area contributed by atoms with E-state index in [2.05, 4.69) is 10.8 Å². The average molecular weight is 330 g/mol. The summed E-state index contributed by atoms with van der Waals surface area (Å²) < 4.78 is 33.5. The molecule has 5 heteroatoms. The van der Waals surface area contributed by atoms with Crippen molar-refractivity contribution in [3.05, 3.63) is 60.2 Å². The fraction of sp³-hybridized carbons (Fsp3) is 0.333. The van der Waals surface area contributed by atoms with Gasteiger partial charge in [0.15, 0.2) is 0 Å². The predicted molar refractivity (Wildman–Crippen MR) is 89.0 cm³/mol. The Kier molecular flexibility index (Phi) is 4.17. The molecule has 1 atom stereocenters. The van der Waals surface area contributed by atoms with Gasteiger partial charge in [-0.1, -0.05) is 36.4 Å². The minimum atomic E-state index is -3.50. The Morgan fingerprint density at radius 3 is 2.70 bits per heavy atom. The maximum Gasteiger partial charge on any atom is 0.240 e. The smallest absolute Gasteiger partial charge is 0.240 e. The zero-order valence-corrected chi connectivity index (χ0v) is 14.1. The molecule has 3 rings (SSSR count). The first-order valence-corrected chi connectivity index (χ1v) is 9.10. The molecule has 0 spiro atoms. The molecule has 0 saturated heterocycles. The Hall–Kier alpha value is -1.85. The quantitative estimate of drug-likeness (QED) is 0.937. The molecule has 1 N–H and O–H groups in total. The standard InChI is InChI=1S/C18H20NO3S/c1-18(2)12-14(16-10-6-7-11-17(16)22-18)13-19-23(20,21)15-8-4-3-5-9-15/h3-10,14,19H,12-13H2,1-2H3. The van der Waals surface area contributed by atoms with E-state index in [-0.39, 0.29) is 16.4 Å². The van der Waals surface area contributed by atoms with Crippen molar-refractivity contribution in [2.24, 2.45) is 0 Å². The van der Waals surface area contributed by atoms with Crippen LogP contribution in [-0.2, 0) is 10.0 Å². The minimum Gasteiger partial charge on any atom is -0.487 e. The van der Waals surface area contributed by atoms with Gasteiger partial charge in [0.05, 0.1) is 4.90 Å². The van der Waals surface area contributed by atoms with Gasteiger partial charge in [-0.3, -0.25) is 0 Å². The van der Waals surface area contributed by atoms with E-state index in [0.29, 0.717) is 12.3 Å². The number of sulfonamides is 1. The van der Waals surface area contributed by atoms with E-state index in [9.17, 15) is 8.42 Å². The number of rotatable bonds is 4. The van der Waals surface area contributed by atoms with Gasteiger partial charge in [-0.15, -0.1) is 0 Å². The number of nitrogens with one attached hydrogen (secondary N) is 1. The molecule has 0 saturated carbocycles. The Morgan fingerprint density at radius 1 is 1.22 bits per heavy atom. The zero-order chi connectivity index (χ0) is 16.5. The third-order valence-electron chi connectivity index (χ3n) is 3.98. The average Bonchev–Trinajstić information content (AvgIpc) is 2.52. The number of benzene rings is 2. The second kappa shape index (κ2) is 5.98. The van der Waals surface area contributed by atoms with E-state index in [1.54, 1.807) is 30.3 Å². The van der Waals surface area contributed by atoms with Crippen molar-refractivity contribution in [2.45, 2.75) is 36.7 Å². The highest BCUT2D eigenvalue weighted by Crippen LogP contribution is 2.40. The highest BCUT2D eigenvalue weighted by atomic mass is 32.2. The molecule has 23 heavy (non-hydrogen) atoms. The summed E-state index contributed by atoms with van der Waals surface area (Å²) in [6.07, 6.45) is 0.745. The Morgan fingerprint density at radius 2 is 1.96 bits per heavy atom. The SMILES string of the molecule is CC1(C)CC(CNS(=O)(=O)c2ccccc2)c2ccc[c]c2O1. The van der Waals surface area contributed by atoms with Gasteiger partial charge in [-0.2, -0.15) is 0 Å². The largest absolute Gasteiger partial charge is 0.487 e. The molecule has 0 aliphatic carbocycles. The topological polar surface area (TPSA) is 55.4 Å². The maximum absolute atomic E-state index is 12.4. The molecule has 2 aromatic rings. The van der Waals surface area contributed by atoms with Gasteiger partial charge in [0.2, 0.25) is 10.0 Å². The van der Waals surface area contributed by atoms with E-state index < -0.39 is 10.0 Å². The van der Waals surface area contributed by atoms with E-state index in [0.717, 1.165) is 12.0 Å². The van der Waals surface area contributed by atoms with Crippen molar-refractivity contribution >= 4 is 10.0 Å². The van der Waals surface area contributed by atoms with Crippen molar-refractivity contribution in [3.63, 3.8) is 0 Å². The molecule has 1 aliphatic rings. The monoisotopic (exact) mass is 330 g/mol. The van der Waals surface area contributed by atoms with Gasteiger partial charge in [-0.05, 0) is 38.0 Å². The van der Waals surface area contributed by atoms with Crippen LogP contribution in [0, 0.1) is 6.07 Å². The van der Waals surface area contributed by atoms with Crippen LogP contribution in [0.25, 0.3) is 0 Å². The van der Waals surface area contributed by atoms with Crippen LogP contribution in [0.2, 0.25) is 0 Å². The van der Waals surface area contributed by atoms with Crippen LogP contribution in [0.1, 0.15) is 31.7 Å². The van der Waals surface area contributed by atoms with Crippen molar-refractivity contribution < 1.29 is 13.2 Å². The third-order valence-corrected chi connectivity index (χ3v) is 5.42. The molecule has 0 aromatic heterocycles. The zero-order valence-electron chi connectivity index (χ0n) is 13.2. The lowest BCUT2D eigenvalue weighted by Crippen LogP contribution is -2.39. The summed E-state index contributed by atoms with van der Waals surface area (Å²) in [5.41, 5.74) is 0.663. The van der Waals surface area contributed by atoms with Crippen LogP contribution in [0.3, 0.4) is 0 Å². The second-order valence-electron chi connectivity index (χ2n) is 6.38. The summed E-state index contributed by atoms with van der Waals surface area (Å²) in [5, 5.41) is 0. The Bertz CT molecular complexity index is 785. The molecule has 0 bridgehead atoms. The van der Waals surface area contributed by atoms with Crippen LogP contribution in [0.15, 0.2) is 53.4 Å². The number of hydrogen-bond donors (Lipinski definition) is 1. The molecule has 1 radical (unpaired) electrons. The Labute approximate surface area is 137 Å². The lowest BCUT2D eigenvalue weighted by atomic mass is 9.84. The number of hydrogen-bond acceptors (Lipinski definition) is 3. The molecule has 1 heterocycles. The summed E-state index contributed by atoms with van der Waals surface area (Å²) in [6.45, 7) is 4.36. The van der Waals surface area contributed by atoms with Gasteiger partial charge in [0.25, 0.3) is 0 Å². The van der Waals surface area contributed by atoms with E-state index in [1.165, 1.54) is 0 Å². The summed E-state index contributed by atoms with van der Waals surface area (Å²) in [6, 6.07) is 17.2. The molecular formula is C18H20NO3S. The molecule has 2 aromatic carbocycles. The Balaban J connectivity index is 1.81. The van der Waals surface area contributed by atoms with Gasteiger partial charge in [0, 0.05) is 18.5 Å². The highest BCUT2D eigenvalue weighted by Gasteiger charge is 2.34. The van der Waals surface area contributed by atoms with E-state index in [4.69, 9.17) is 4.74 Å². The molecule has 4 nitrogen and oxygen atoms in total. The third kappa shape index (κ3) is 3.57. The predicted octanol–water partition coefficient (Wildman–Crippen LogP) is 3.11. The fourth-order valence-corrected chi connectivity index (χ4v) is 4.04. The van der Waals surface area contributed by atoms with Crippen molar-refractivity contribution in [3.8, 4) is 5.75 Å². The first-order valence-electron chi connectivity index (χ1n) is 7.62. The van der Waals surface area contributed by atoms with Crippen LogP contribution >= 0.6 is 0 Å².